The molecule has 2 N–H and O–H groups in total. The number of hydrogen-bond acceptors (Lipinski definition) is 6. The molecule has 0 aliphatic heterocycles. The molecule has 0 bridgehead atoms. The highest BCUT2D eigenvalue weighted by Gasteiger charge is 2.10. The monoisotopic (exact) mass is 456 g/mol. The number of carbonyl (C=O) groups excluding carboxylic acids is 2. The van der Waals surface area contributed by atoms with Crippen LogP contribution in [-0.2, 0) is 16.0 Å². The molecule has 2 rings (SSSR count). The highest BCUT2D eigenvalue weighted by atomic mass is 79.9. The van der Waals surface area contributed by atoms with E-state index in [4.69, 9.17) is 0 Å². The minimum Gasteiger partial charge on any atom is -0.325 e. The lowest BCUT2D eigenvalue weighted by atomic mass is 10.2. The third-order valence-electron chi connectivity index (χ3n) is 3.28. The third kappa shape index (κ3) is 7.84. The highest BCUT2D eigenvalue weighted by Crippen LogP contribution is 2.18. The van der Waals surface area contributed by atoms with Gasteiger partial charge in [-0.3, -0.25) is 14.9 Å². The molecule has 1 aromatic heterocycles. The highest BCUT2D eigenvalue weighted by molar-refractivity contribution is 9.10. The number of amides is 2. The van der Waals surface area contributed by atoms with Crippen molar-refractivity contribution in [2.24, 2.45) is 0 Å². The van der Waals surface area contributed by atoms with E-state index in [0.29, 0.717) is 5.13 Å². The van der Waals surface area contributed by atoms with Crippen LogP contribution < -0.4 is 10.6 Å². The molecular formula is C17H21BrN4O2S2. The summed E-state index contributed by atoms with van der Waals surface area (Å²) in [5.41, 5.74) is 0.721. The van der Waals surface area contributed by atoms with E-state index < -0.39 is 0 Å². The predicted octanol–water partition coefficient (Wildman–Crippen LogP) is 4.34. The molecule has 9 heteroatoms. The van der Waals surface area contributed by atoms with Crippen LogP contribution in [0.3, 0.4) is 0 Å². The van der Waals surface area contributed by atoms with E-state index in [2.05, 4.69) is 43.7 Å². The van der Waals surface area contributed by atoms with Crippen molar-refractivity contribution in [2.45, 2.75) is 32.6 Å². The number of thioether (sulfide) groups is 1. The molecular weight excluding hydrogens is 436 g/mol. The number of halogens is 1. The average Bonchev–Trinajstić information content (AvgIpc) is 3.02. The standard InChI is InChI=1S/C17H21BrN4O2S2/c1-2-3-4-8-16-21-22-17(26-16)20-15(24)11-25-10-14(23)19-13-7-5-6-12(18)9-13/h5-7,9H,2-4,8,10-11H2,1H3,(H,19,23)(H,20,22,24). The minimum absolute atomic E-state index is 0.143. The van der Waals surface area contributed by atoms with E-state index in [0.717, 1.165) is 34.4 Å². The van der Waals surface area contributed by atoms with Crippen LogP contribution in [0.1, 0.15) is 31.2 Å². The van der Waals surface area contributed by atoms with E-state index in [-0.39, 0.29) is 23.3 Å². The van der Waals surface area contributed by atoms with Crippen molar-refractivity contribution in [3.05, 3.63) is 33.7 Å². The molecule has 0 saturated carbocycles. The molecule has 0 fully saturated rings. The van der Waals surface area contributed by atoms with Gasteiger partial charge in [0.1, 0.15) is 5.01 Å². The topological polar surface area (TPSA) is 84.0 Å². The van der Waals surface area contributed by atoms with Crippen molar-refractivity contribution in [1.82, 2.24) is 10.2 Å². The molecule has 1 aromatic carbocycles. The van der Waals surface area contributed by atoms with Gasteiger partial charge in [0.15, 0.2) is 0 Å². The molecule has 140 valence electrons. The molecule has 1 heterocycles. The lowest BCUT2D eigenvalue weighted by Gasteiger charge is -2.05. The van der Waals surface area contributed by atoms with Crippen LogP contribution in [0.15, 0.2) is 28.7 Å². The van der Waals surface area contributed by atoms with Crippen LogP contribution in [0, 0.1) is 0 Å². The maximum atomic E-state index is 11.9. The molecule has 2 amide bonds. The number of nitrogens with zero attached hydrogens (tertiary/aromatic N) is 2. The first kappa shape index (κ1) is 20.9. The fourth-order valence-corrected chi connectivity index (χ4v) is 3.90. The number of aryl methyl sites for hydroxylation is 1. The lowest BCUT2D eigenvalue weighted by molar-refractivity contribution is -0.114. The van der Waals surface area contributed by atoms with Gasteiger partial charge in [0.25, 0.3) is 0 Å². The van der Waals surface area contributed by atoms with E-state index in [1.54, 1.807) is 0 Å². The van der Waals surface area contributed by atoms with Gasteiger partial charge < -0.3 is 5.32 Å². The second-order valence-corrected chi connectivity index (χ2v) is 8.52. The Hall–Kier alpha value is -1.45. The van der Waals surface area contributed by atoms with E-state index in [1.165, 1.54) is 29.5 Å². The minimum atomic E-state index is -0.179. The summed E-state index contributed by atoms with van der Waals surface area (Å²) in [6.45, 7) is 2.16. The van der Waals surface area contributed by atoms with Crippen LogP contribution in [0.5, 0.6) is 0 Å². The summed E-state index contributed by atoms with van der Waals surface area (Å²) >= 11 is 6.02. The van der Waals surface area contributed by atoms with Crippen molar-refractivity contribution in [1.29, 1.82) is 0 Å². The number of unbranched alkanes of at least 4 members (excludes halogenated alkanes) is 2. The van der Waals surface area contributed by atoms with Crippen LogP contribution in [0.4, 0.5) is 10.8 Å². The van der Waals surface area contributed by atoms with Crippen molar-refractivity contribution >= 4 is 61.7 Å². The lowest BCUT2D eigenvalue weighted by Crippen LogP contribution is -2.18. The summed E-state index contributed by atoms with van der Waals surface area (Å²) in [4.78, 5) is 23.8. The molecule has 0 aliphatic carbocycles. The predicted molar refractivity (Wildman–Crippen MR) is 112 cm³/mol. The van der Waals surface area contributed by atoms with Crippen molar-refractivity contribution in [2.75, 3.05) is 22.1 Å². The molecule has 0 radical (unpaired) electrons. The summed E-state index contributed by atoms with van der Waals surface area (Å²) in [6, 6.07) is 7.37. The Labute approximate surface area is 169 Å². The fourth-order valence-electron chi connectivity index (χ4n) is 2.09. The van der Waals surface area contributed by atoms with Crippen LogP contribution >= 0.6 is 39.0 Å². The fraction of sp³-hybridized carbons (Fsp3) is 0.412. The van der Waals surface area contributed by atoms with Crippen LogP contribution in [0.2, 0.25) is 0 Å². The molecule has 0 spiro atoms. The number of aromatic nitrogens is 2. The van der Waals surface area contributed by atoms with Gasteiger partial charge in [-0.05, 0) is 24.6 Å². The van der Waals surface area contributed by atoms with Crippen molar-refractivity contribution in [3.63, 3.8) is 0 Å². The van der Waals surface area contributed by atoms with Gasteiger partial charge in [-0.1, -0.05) is 53.1 Å². The summed E-state index contributed by atoms with van der Waals surface area (Å²) in [7, 11) is 0. The largest absolute Gasteiger partial charge is 0.325 e. The zero-order valence-electron chi connectivity index (χ0n) is 14.5. The first-order valence-corrected chi connectivity index (χ1v) is 11.1. The van der Waals surface area contributed by atoms with Gasteiger partial charge in [-0.15, -0.1) is 22.0 Å². The maximum Gasteiger partial charge on any atom is 0.236 e. The Morgan fingerprint density at radius 2 is 1.92 bits per heavy atom. The van der Waals surface area contributed by atoms with Crippen molar-refractivity contribution < 1.29 is 9.59 Å². The number of hydrogen-bond donors (Lipinski definition) is 2. The summed E-state index contributed by atoms with van der Waals surface area (Å²) in [5, 5.41) is 15.0. The van der Waals surface area contributed by atoms with Gasteiger partial charge in [-0.2, -0.15) is 0 Å². The van der Waals surface area contributed by atoms with Gasteiger partial charge in [0.05, 0.1) is 11.5 Å². The Morgan fingerprint density at radius 3 is 2.65 bits per heavy atom. The van der Waals surface area contributed by atoms with Crippen LogP contribution in [0.25, 0.3) is 0 Å². The first-order chi connectivity index (χ1) is 12.6. The molecule has 0 atom stereocenters. The quantitative estimate of drug-likeness (QED) is 0.519. The molecule has 26 heavy (non-hydrogen) atoms. The SMILES string of the molecule is CCCCCc1nnc(NC(=O)CSCC(=O)Nc2cccc(Br)c2)s1. The second-order valence-electron chi connectivity index (χ2n) is 5.56. The van der Waals surface area contributed by atoms with Crippen LogP contribution in [-0.4, -0.2) is 33.5 Å². The normalized spacial score (nSPS) is 10.5. The Balaban J connectivity index is 1.66. The number of benzene rings is 1. The smallest absolute Gasteiger partial charge is 0.236 e. The molecule has 0 aliphatic rings. The summed E-state index contributed by atoms with van der Waals surface area (Å²) < 4.78 is 0.897. The van der Waals surface area contributed by atoms with E-state index >= 15 is 0 Å². The molecule has 0 saturated heterocycles. The number of carbonyl (C=O) groups is 2. The van der Waals surface area contributed by atoms with E-state index in [1.807, 2.05) is 24.3 Å². The molecule has 0 unspecified atom stereocenters. The number of anilines is 2. The van der Waals surface area contributed by atoms with Gasteiger partial charge >= 0.3 is 0 Å². The van der Waals surface area contributed by atoms with Gasteiger partial charge in [0, 0.05) is 16.6 Å². The number of rotatable bonds is 10. The second kappa shape index (κ2) is 11.3. The van der Waals surface area contributed by atoms with Gasteiger partial charge in [0.2, 0.25) is 16.9 Å². The Morgan fingerprint density at radius 1 is 1.15 bits per heavy atom. The van der Waals surface area contributed by atoms with E-state index in [9.17, 15) is 9.59 Å². The summed E-state index contributed by atoms with van der Waals surface area (Å²) in [6.07, 6.45) is 4.31. The number of nitrogens with one attached hydrogen (secondary N) is 2. The molecule has 6 nitrogen and oxygen atoms in total. The zero-order valence-corrected chi connectivity index (χ0v) is 17.7. The Bertz CT molecular complexity index is 739. The van der Waals surface area contributed by atoms with Gasteiger partial charge in [-0.25, -0.2) is 0 Å². The summed E-state index contributed by atoms with van der Waals surface area (Å²) in [5.74, 6) is 0.0751. The zero-order chi connectivity index (χ0) is 18.8. The Kier molecular flexibility index (Phi) is 9.07. The van der Waals surface area contributed by atoms with Crippen molar-refractivity contribution in [3.8, 4) is 0 Å². The molecule has 2 aromatic rings. The first-order valence-electron chi connectivity index (χ1n) is 8.32. The average molecular weight is 457 g/mol. The third-order valence-corrected chi connectivity index (χ3v) is 5.61. The maximum absolute atomic E-state index is 11.9.